The Morgan fingerprint density at radius 2 is 1.87 bits per heavy atom. The number of rotatable bonds is 5. The van der Waals surface area contributed by atoms with Crippen molar-refractivity contribution in [2.24, 2.45) is 0 Å². The first-order valence-corrected chi connectivity index (χ1v) is 7.00. The fourth-order valence-corrected chi connectivity index (χ4v) is 1.96. The molecule has 0 unspecified atom stereocenters. The Labute approximate surface area is 133 Å². The minimum atomic E-state index is 0.389. The summed E-state index contributed by atoms with van der Waals surface area (Å²) >= 11 is 0. The van der Waals surface area contributed by atoms with Gasteiger partial charge in [-0.25, -0.2) is 9.97 Å². The van der Waals surface area contributed by atoms with Gasteiger partial charge in [-0.15, -0.1) is 0 Å². The molecule has 0 fully saturated rings. The summed E-state index contributed by atoms with van der Waals surface area (Å²) in [6, 6.07) is 18.6. The van der Waals surface area contributed by atoms with Crippen molar-refractivity contribution in [2.75, 3.05) is 0 Å². The third-order valence-corrected chi connectivity index (χ3v) is 3.08. The number of nitriles is 1. The molecule has 0 saturated carbocycles. The van der Waals surface area contributed by atoms with Gasteiger partial charge in [-0.05, 0) is 17.7 Å². The molecule has 0 radical (unpaired) electrons. The molecule has 3 aromatic rings. The average Bonchev–Trinajstić information content (AvgIpc) is 2.62. The molecule has 0 atom stereocenters. The number of hydrogen-bond acceptors (Lipinski definition) is 5. The fraction of sp³-hybridized carbons (Fsp3) is 0.0556. The van der Waals surface area contributed by atoms with Crippen LogP contribution in [0, 0.1) is 11.3 Å². The standard InChI is InChI=1S/C18H13N3O2/c19-11-15-6-7-16(22-12-14-4-2-1-3-5-14)17(10-15)23-18-8-9-20-13-21-18/h1-10,13H,12H2. The van der Waals surface area contributed by atoms with Crippen molar-refractivity contribution >= 4 is 0 Å². The van der Waals surface area contributed by atoms with Crippen molar-refractivity contribution in [3.8, 4) is 23.4 Å². The SMILES string of the molecule is N#Cc1ccc(OCc2ccccc2)c(Oc2ccncn2)c1. The average molecular weight is 303 g/mol. The van der Waals surface area contributed by atoms with Crippen LogP contribution < -0.4 is 9.47 Å². The highest BCUT2D eigenvalue weighted by atomic mass is 16.5. The summed E-state index contributed by atoms with van der Waals surface area (Å²) in [4.78, 5) is 7.86. The third kappa shape index (κ3) is 3.83. The lowest BCUT2D eigenvalue weighted by Crippen LogP contribution is -1.98. The van der Waals surface area contributed by atoms with Gasteiger partial charge in [0.1, 0.15) is 12.9 Å². The zero-order valence-corrected chi connectivity index (χ0v) is 12.2. The molecule has 0 aliphatic rings. The molecule has 0 bridgehead atoms. The Hall–Kier alpha value is -3.39. The number of hydrogen-bond donors (Lipinski definition) is 0. The van der Waals surface area contributed by atoms with E-state index in [9.17, 15) is 0 Å². The molecule has 112 valence electrons. The lowest BCUT2D eigenvalue weighted by atomic mass is 10.2. The summed E-state index contributed by atoms with van der Waals surface area (Å²) in [6.45, 7) is 0.410. The molecular formula is C18H13N3O2. The van der Waals surface area contributed by atoms with Crippen LogP contribution in [0.15, 0.2) is 67.1 Å². The lowest BCUT2D eigenvalue weighted by Gasteiger charge is -2.12. The zero-order valence-electron chi connectivity index (χ0n) is 12.2. The first-order valence-electron chi connectivity index (χ1n) is 7.00. The zero-order chi connectivity index (χ0) is 15.9. The van der Waals surface area contributed by atoms with Crippen LogP contribution in [-0.4, -0.2) is 9.97 Å². The molecule has 5 heteroatoms. The number of ether oxygens (including phenoxy) is 2. The first kappa shape index (κ1) is 14.5. The second-order valence-corrected chi connectivity index (χ2v) is 4.70. The Morgan fingerprint density at radius 3 is 2.61 bits per heavy atom. The predicted octanol–water partition coefficient (Wildman–Crippen LogP) is 3.72. The van der Waals surface area contributed by atoms with E-state index in [4.69, 9.17) is 14.7 Å². The van der Waals surface area contributed by atoms with E-state index in [1.165, 1.54) is 6.33 Å². The van der Waals surface area contributed by atoms with Gasteiger partial charge in [-0.2, -0.15) is 5.26 Å². The van der Waals surface area contributed by atoms with E-state index in [2.05, 4.69) is 16.0 Å². The Morgan fingerprint density at radius 1 is 1.00 bits per heavy atom. The van der Waals surface area contributed by atoms with Crippen molar-refractivity contribution in [1.82, 2.24) is 9.97 Å². The van der Waals surface area contributed by atoms with E-state index >= 15 is 0 Å². The van der Waals surface area contributed by atoms with Crippen LogP contribution in [0.2, 0.25) is 0 Å². The quantitative estimate of drug-likeness (QED) is 0.718. The molecule has 0 spiro atoms. The maximum Gasteiger partial charge on any atom is 0.222 e. The predicted molar refractivity (Wildman–Crippen MR) is 84.0 cm³/mol. The summed E-state index contributed by atoms with van der Waals surface area (Å²) in [6.07, 6.45) is 2.98. The van der Waals surface area contributed by atoms with Crippen LogP contribution in [0.3, 0.4) is 0 Å². The molecule has 0 amide bonds. The number of aromatic nitrogens is 2. The molecule has 5 nitrogen and oxygen atoms in total. The summed E-state index contributed by atoms with van der Waals surface area (Å²) in [5.74, 6) is 1.38. The third-order valence-electron chi connectivity index (χ3n) is 3.08. The van der Waals surface area contributed by atoms with Gasteiger partial charge >= 0.3 is 0 Å². The maximum atomic E-state index is 9.05. The van der Waals surface area contributed by atoms with E-state index in [-0.39, 0.29) is 0 Å². The Balaban J connectivity index is 1.82. The van der Waals surface area contributed by atoms with Crippen LogP contribution in [0.1, 0.15) is 11.1 Å². The van der Waals surface area contributed by atoms with Gasteiger partial charge in [0.25, 0.3) is 0 Å². The van der Waals surface area contributed by atoms with E-state index in [1.54, 1.807) is 30.5 Å². The topological polar surface area (TPSA) is 68.0 Å². The van der Waals surface area contributed by atoms with Gasteiger partial charge in [0.05, 0.1) is 11.6 Å². The first-order chi connectivity index (χ1) is 11.3. The second-order valence-electron chi connectivity index (χ2n) is 4.70. The molecular weight excluding hydrogens is 290 g/mol. The van der Waals surface area contributed by atoms with Gasteiger partial charge in [0.15, 0.2) is 11.5 Å². The summed E-state index contributed by atoms with van der Waals surface area (Å²) in [7, 11) is 0. The van der Waals surface area contributed by atoms with Crippen LogP contribution in [0.25, 0.3) is 0 Å². The molecule has 0 saturated heterocycles. The highest BCUT2D eigenvalue weighted by Gasteiger charge is 2.09. The van der Waals surface area contributed by atoms with Gasteiger partial charge in [-0.3, -0.25) is 0 Å². The molecule has 1 heterocycles. The Kier molecular flexibility index (Phi) is 4.46. The molecule has 1 aromatic heterocycles. The van der Waals surface area contributed by atoms with Crippen molar-refractivity contribution in [3.63, 3.8) is 0 Å². The van der Waals surface area contributed by atoms with Gasteiger partial charge in [0, 0.05) is 18.3 Å². The minimum Gasteiger partial charge on any atom is -0.485 e. The number of benzene rings is 2. The van der Waals surface area contributed by atoms with Crippen LogP contribution in [0.4, 0.5) is 0 Å². The molecule has 23 heavy (non-hydrogen) atoms. The normalized spacial score (nSPS) is 9.87. The van der Waals surface area contributed by atoms with E-state index in [0.29, 0.717) is 29.5 Å². The Bertz CT molecular complexity index is 815. The van der Waals surface area contributed by atoms with Gasteiger partial charge < -0.3 is 9.47 Å². The fourth-order valence-electron chi connectivity index (χ4n) is 1.96. The monoisotopic (exact) mass is 303 g/mol. The summed E-state index contributed by atoms with van der Waals surface area (Å²) in [5, 5.41) is 9.05. The van der Waals surface area contributed by atoms with Crippen LogP contribution >= 0.6 is 0 Å². The van der Waals surface area contributed by atoms with Crippen molar-refractivity contribution in [3.05, 3.63) is 78.2 Å². The molecule has 0 aliphatic carbocycles. The smallest absolute Gasteiger partial charge is 0.222 e. The maximum absolute atomic E-state index is 9.05. The van der Waals surface area contributed by atoms with Crippen LogP contribution in [0.5, 0.6) is 17.4 Å². The summed E-state index contributed by atoms with van der Waals surface area (Å²) < 4.78 is 11.5. The van der Waals surface area contributed by atoms with E-state index in [1.807, 2.05) is 30.3 Å². The van der Waals surface area contributed by atoms with E-state index < -0.39 is 0 Å². The molecule has 0 N–H and O–H groups in total. The summed E-state index contributed by atoms with van der Waals surface area (Å²) in [5.41, 5.74) is 1.53. The lowest BCUT2D eigenvalue weighted by molar-refractivity contribution is 0.290. The van der Waals surface area contributed by atoms with Crippen molar-refractivity contribution in [2.45, 2.75) is 6.61 Å². The molecule has 3 rings (SSSR count). The van der Waals surface area contributed by atoms with Gasteiger partial charge in [0.2, 0.25) is 5.88 Å². The molecule has 0 aliphatic heterocycles. The minimum absolute atomic E-state index is 0.389. The largest absolute Gasteiger partial charge is 0.485 e. The molecule has 2 aromatic carbocycles. The highest BCUT2D eigenvalue weighted by Crippen LogP contribution is 2.32. The van der Waals surface area contributed by atoms with Crippen LogP contribution in [-0.2, 0) is 6.61 Å². The van der Waals surface area contributed by atoms with Crippen molar-refractivity contribution < 1.29 is 9.47 Å². The van der Waals surface area contributed by atoms with E-state index in [0.717, 1.165) is 5.56 Å². The van der Waals surface area contributed by atoms with Gasteiger partial charge in [-0.1, -0.05) is 30.3 Å². The highest BCUT2D eigenvalue weighted by molar-refractivity contribution is 5.48. The van der Waals surface area contributed by atoms with Crippen molar-refractivity contribution in [1.29, 1.82) is 5.26 Å². The second kappa shape index (κ2) is 7.05. The number of nitrogens with zero attached hydrogens (tertiary/aromatic N) is 3.